The van der Waals surface area contributed by atoms with Gasteiger partial charge in [-0.15, -0.1) is 0 Å². The smallest absolute Gasteiger partial charge is 0.306 e. The fraction of sp³-hybridized carbons (Fsp3) is 0.611. The Morgan fingerprint density at radius 1 is 0.367 bits per heavy atom. The summed E-state index contributed by atoms with van der Waals surface area (Å²) in [6.07, 6.45) is 63.7. The standard InChI is InChI=1S/C54H86O6/c1-4-7-10-13-16-19-22-25-26-27-30-32-35-38-41-44-47-53(56)59-50-51(60-54(57)48-45-42-39-36-33-29-24-21-18-15-12-9-6-3)49-58-52(55)46-43-40-37-34-31-28-23-20-17-14-11-8-5-2/h7,9-10,12,15-16,18-19,21,24-26,29-30,32-33,38,41,51H,4-6,8,11,13-14,17,20,22-23,27-28,31,34-37,39-40,42-50H2,1-3H3/b10-7-,12-9-,18-15-,19-16-,24-21-,26-25-,32-30-,33-29-,41-38-. The lowest BCUT2D eigenvalue weighted by Gasteiger charge is -2.18. The molecule has 0 radical (unpaired) electrons. The highest BCUT2D eigenvalue weighted by Crippen LogP contribution is 2.14. The van der Waals surface area contributed by atoms with Crippen molar-refractivity contribution in [2.24, 2.45) is 0 Å². The summed E-state index contributed by atoms with van der Waals surface area (Å²) in [4.78, 5) is 37.8. The minimum atomic E-state index is -0.827. The third-order valence-corrected chi connectivity index (χ3v) is 9.63. The van der Waals surface area contributed by atoms with Crippen LogP contribution in [0.1, 0.15) is 194 Å². The summed E-state index contributed by atoms with van der Waals surface area (Å²) in [6, 6.07) is 0. The molecule has 338 valence electrons. The van der Waals surface area contributed by atoms with Gasteiger partial charge in [-0.2, -0.15) is 0 Å². The number of allylic oxidation sites excluding steroid dienone is 18. The number of hydrogen-bond donors (Lipinski definition) is 0. The molecule has 0 aliphatic rings. The van der Waals surface area contributed by atoms with Gasteiger partial charge in [0.2, 0.25) is 0 Å². The molecule has 0 aromatic heterocycles. The lowest BCUT2D eigenvalue weighted by molar-refractivity contribution is -0.166. The minimum absolute atomic E-state index is 0.118. The average molecular weight is 831 g/mol. The summed E-state index contributed by atoms with van der Waals surface area (Å²) in [6.45, 7) is 6.26. The Labute approximate surface area is 368 Å². The highest BCUT2D eigenvalue weighted by atomic mass is 16.6. The zero-order chi connectivity index (χ0) is 43.7. The third kappa shape index (κ3) is 45.2. The van der Waals surface area contributed by atoms with Gasteiger partial charge in [-0.05, 0) is 70.6 Å². The largest absolute Gasteiger partial charge is 0.462 e. The van der Waals surface area contributed by atoms with Gasteiger partial charge < -0.3 is 14.2 Å². The van der Waals surface area contributed by atoms with E-state index < -0.39 is 6.10 Å². The van der Waals surface area contributed by atoms with Gasteiger partial charge >= 0.3 is 17.9 Å². The van der Waals surface area contributed by atoms with E-state index in [9.17, 15) is 14.4 Å². The van der Waals surface area contributed by atoms with Crippen LogP contribution in [0.4, 0.5) is 0 Å². The Bertz CT molecular complexity index is 1280. The lowest BCUT2D eigenvalue weighted by Crippen LogP contribution is -2.30. The average Bonchev–Trinajstić information content (AvgIpc) is 3.24. The third-order valence-electron chi connectivity index (χ3n) is 9.63. The number of carbonyl (C=O) groups is 3. The van der Waals surface area contributed by atoms with E-state index in [2.05, 4.69) is 81.5 Å². The van der Waals surface area contributed by atoms with Crippen LogP contribution in [0.15, 0.2) is 109 Å². The first kappa shape index (κ1) is 56.1. The van der Waals surface area contributed by atoms with E-state index in [-0.39, 0.29) is 44.0 Å². The summed E-state index contributed by atoms with van der Waals surface area (Å²) in [5.74, 6) is -1.05. The molecule has 0 aliphatic carbocycles. The second kappa shape index (κ2) is 47.7. The first-order chi connectivity index (χ1) is 29.5. The molecule has 0 N–H and O–H groups in total. The number of carbonyl (C=O) groups excluding carboxylic acids is 3. The molecule has 0 fully saturated rings. The molecule has 0 aliphatic heterocycles. The molecule has 60 heavy (non-hydrogen) atoms. The summed E-state index contributed by atoms with van der Waals surface area (Å²) in [5.41, 5.74) is 0. The normalized spacial score (nSPS) is 13.1. The topological polar surface area (TPSA) is 78.9 Å². The van der Waals surface area contributed by atoms with Gasteiger partial charge in [0.05, 0.1) is 0 Å². The van der Waals surface area contributed by atoms with Gasteiger partial charge in [0.25, 0.3) is 0 Å². The van der Waals surface area contributed by atoms with Crippen LogP contribution in [0.3, 0.4) is 0 Å². The van der Waals surface area contributed by atoms with Crippen molar-refractivity contribution in [1.82, 2.24) is 0 Å². The van der Waals surface area contributed by atoms with Crippen molar-refractivity contribution >= 4 is 17.9 Å². The lowest BCUT2D eigenvalue weighted by atomic mass is 10.0. The zero-order valence-electron chi connectivity index (χ0n) is 38.4. The molecule has 0 aromatic carbocycles. The Morgan fingerprint density at radius 2 is 0.767 bits per heavy atom. The number of ether oxygens (including phenoxy) is 3. The number of esters is 3. The van der Waals surface area contributed by atoms with Crippen LogP contribution in [0, 0.1) is 0 Å². The SMILES string of the molecule is CC\C=C/C=C\C=C/C=C\CCCCCC(=O)OC(COC(=O)CC/C=C\C/C=C\C/C=C\C/C=C\C/C=C\CC)COC(=O)CCCCCCCCCCCCCCC. The van der Waals surface area contributed by atoms with Crippen molar-refractivity contribution in [3.63, 3.8) is 0 Å². The van der Waals surface area contributed by atoms with Gasteiger partial charge in [-0.1, -0.05) is 214 Å². The highest BCUT2D eigenvalue weighted by Gasteiger charge is 2.19. The molecule has 0 aromatic rings. The zero-order valence-corrected chi connectivity index (χ0v) is 38.4. The minimum Gasteiger partial charge on any atom is -0.462 e. The van der Waals surface area contributed by atoms with Gasteiger partial charge in [0.1, 0.15) is 13.2 Å². The predicted octanol–water partition coefficient (Wildman–Crippen LogP) is 15.6. The number of hydrogen-bond acceptors (Lipinski definition) is 6. The monoisotopic (exact) mass is 831 g/mol. The number of rotatable bonds is 41. The summed E-state index contributed by atoms with van der Waals surface area (Å²) < 4.78 is 16.6. The van der Waals surface area contributed by atoms with Gasteiger partial charge in [0.15, 0.2) is 6.10 Å². The highest BCUT2D eigenvalue weighted by molar-refractivity contribution is 5.71. The Kier molecular flexibility index (Phi) is 44.6. The van der Waals surface area contributed by atoms with Crippen molar-refractivity contribution < 1.29 is 28.6 Å². The first-order valence-electron chi connectivity index (χ1n) is 23.9. The maximum Gasteiger partial charge on any atom is 0.306 e. The fourth-order valence-corrected chi connectivity index (χ4v) is 6.09. The Morgan fingerprint density at radius 3 is 1.28 bits per heavy atom. The van der Waals surface area contributed by atoms with Crippen LogP contribution in [-0.2, 0) is 28.6 Å². The molecule has 0 bridgehead atoms. The molecule has 6 heteroatoms. The molecule has 0 heterocycles. The first-order valence-corrected chi connectivity index (χ1v) is 23.9. The van der Waals surface area contributed by atoms with E-state index in [4.69, 9.17) is 14.2 Å². The van der Waals surface area contributed by atoms with E-state index in [1.165, 1.54) is 64.2 Å². The number of unbranched alkanes of at least 4 members (excludes halogenated alkanes) is 15. The van der Waals surface area contributed by atoms with Crippen molar-refractivity contribution in [1.29, 1.82) is 0 Å². The summed E-state index contributed by atoms with van der Waals surface area (Å²) in [7, 11) is 0. The van der Waals surface area contributed by atoms with E-state index >= 15 is 0 Å². The van der Waals surface area contributed by atoms with Crippen molar-refractivity contribution in [3.05, 3.63) is 109 Å². The van der Waals surface area contributed by atoms with Gasteiger partial charge in [0, 0.05) is 19.3 Å². The second-order valence-electron chi connectivity index (χ2n) is 15.4. The Balaban J connectivity index is 4.57. The summed E-state index contributed by atoms with van der Waals surface area (Å²) >= 11 is 0. The molecule has 0 rings (SSSR count). The summed E-state index contributed by atoms with van der Waals surface area (Å²) in [5, 5.41) is 0. The van der Waals surface area contributed by atoms with Crippen LogP contribution in [-0.4, -0.2) is 37.2 Å². The van der Waals surface area contributed by atoms with Crippen molar-refractivity contribution in [2.75, 3.05) is 13.2 Å². The van der Waals surface area contributed by atoms with Crippen LogP contribution < -0.4 is 0 Å². The maximum absolute atomic E-state index is 12.7. The van der Waals surface area contributed by atoms with E-state index in [1.807, 2.05) is 48.6 Å². The molecule has 0 saturated heterocycles. The molecule has 0 spiro atoms. The van der Waals surface area contributed by atoms with Crippen LogP contribution in [0.5, 0.6) is 0 Å². The Hall–Kier alpha value is -3.93. The van der Waals surface area contributed by atoms with Crippen LogP contribution >= 0.6 is 0 Å². The van der Waals surface area contributed by atoms with E-state index in [0.717, 1.165) is 77.0 Å². The quantitative estimate of drug-likeness (QED) is 0.0201. The predicted molar refractivity (Wildman–Crippen MR) is 256 cm³/mol. The van der Waals surface area contributed by atoms with Crippen molar-refractivity contribution in [2.45, 2.75) is 200 Å². The van der Waals surface area contributed by atoms with Gasteiger partial charge in [-0.3, -0.25) is 14.4 Å². The molecular formula is C54H86O6. The van der Waals surface area contributed by atoms with E-state index in [1.54, 1.807) is 0 Å². The molecule has 1 unspecified atom stereocenters. The van der Waals surface area contributed by atoms with Gasteiger partial charge in [-0.25, -0.2) is 0 Å². The maximum atomic E-state index is 12.7. The molecular weight excluding hydrogens is 745 g/mol. The fourth-order valence-electron chi connectivity index (χ4n) is 6.09. The van der Waals surface area contributed by atoms with Crippen LogP contribution in [0.25, 0.3) is 0 Å². The molecule has 0 amide bonds. The molecule has 1 atom stereocenters. The second-order valence-corrected chi connectivity index (χ2v) is 15.4. The molecule has 6 nitrogen and oxygen atoms in total. The van der Waals surface area contributed by atoms with Crippen LogP contribution in [0.2, 0.25) is 0 Å². The van der Waals surface area contributed by atoms with Crippen molar-refractivity contribution in [3.8, 4) is 0 Å². The van der Waals surface area contributed by atoms with E-state index in [0.29, 0.717) is 19.3 Å². The molecule has 0 saturated carbocycles.